The van der Waals surface area contributed by atoms with Crippen LogP contribution in [-0.2, 0) is 5.88 Å². The summed E-state index contributed by atoms with van der Waals surface area (Å²) in [6.45, 7) is 0. The zero-order valence-electron chi connectivity index (χ0n) is 6.91. The molecule has 66 valence electrons. The summed E-state index contributed by atoms with van der Waals surface area (Å²) in [4.78, 5) is 0. The van der Waals surface area contributed by atoms with E-state index in [9.17, 15) is 0 Å². The number of hydrogen-bond acceptors (Lipinski definition) is 2. The van der Waals surface area contributed by atoms with E-state index in [1.165, 1.54) is 25.7 Å². The van der Waals surface area contributed by atoms with Crippen molar-refractivity contribution in [2.75, 3.05) is 0 Å². The third-order valence-corrected chi connectivity index (χ3v) is 2.72. The van der Waals surface area contributed by atoms with Crippen molar-refractivity contribution < 1.29 is 0 Å². The number of nitrogens with zero attached hydrogens (tertiary/aromatic N) is 3. The SMILES string of the molecule is ClCc1nncn1C1CCCC1. The summed E-state index contributed by atoms with van der Waals surface area (Å²) >= 11 is 5.73. The molecule has 0 atom stereocenters. The summed E-state index contributed by atoms with van der Waals surface area (Å²) in [5.74, 6) is 1.37. The number of aromatic nitrogens is 3. The lowest BCUT2D eigenvalue weighted by Crippen LogP contribution is -2.06. The Morgan fingerprint density at radius 3 is 2.92 bits per heavy atom. The molecule has 1 saturated carbocycles. The maximum atomic E-state index is 5.73. The van der Waals surface area contributed by atoms with E-state index in [1.807, 2.05) is 0 Å². The summed E-state index contributed by atoms with van der Waals surface area (Å²) in [7, 11) is 0. The Hall–Kier alpha value is -0.570. The number of hydrogen-bond donors (Lipinski definition) is 0. The van der Waals surface area contributed by atoms with Gasteiger partial charge in [-0.1, -0.05) is 12.8 Å². The fourth-order valence-electron chi connectivity index (χ4n) is 1.85. The molecule has 0 aromatic carbocycles. The first-order chi connectivity index (χ1) is 5.92. The molecular formula is C8H12ClN3. The number of rotatable bonds is 2. The highest BCUT2D eigenvalue weighted by Crippen LogP contribution is 2.29. The van der Waals surface area contributed by atoms with Crippen LogP contribution in [0.2, 0.25) is 0 Å². The van der Waals surface area contributed by atoms with Crippen molar-refractivity contribution >= 4 is 11.6 Å². The lowest BCUT2D eigenvalue weighted by Gasteiger charge is -2.11. The highest BCUT2D eigenvalue weighted by molar-refractivity contribution is 6.16. The lowest BCUT2D eigenvalue weighted by atomic mass is 10.2. The van der Waals surface area contributed by atoms with Gasteiger partial charge in [0.2, 0.25) is 0 Å². The van der Waals surface area contributed by atoms with Gasteiger partial charge in [-0.25, -0.2) is 0 Å². The molecule has 0 N–H and O–H groups in total. The second kappa shape index (κ2) is 3.44. The van der Waals surface area contributed by atoms with Crippen molar-refractivity contribution in [2.45, 2.75) is 37.6 Å². The fraction of sp³-hybridized carbons (Fsp3) is 0.750. The second-order valence-corrected chi connectivity index (χ2v) is 3.49. The van der Waals surface area contributed by atoms with Crippen LogP contribution >= 0.6 is 11.6 Å². The molecule has 2 rings (SSSR count). The predicted molar refractivity (Wildman–Crippen MR) is 47.1 cm³/mol. The molecule has 0 saturated heterocycles. The third kappa shape index (κ3) is 1.33. The van der Waals surface area contributed by atoms with Crippen LogP contribution in [0.3, 0.4) is 0 Å². The van der Waals surface area contributed by atoms with Crippen LogP contribution in [0.25, 0.3) is 0 Å². The van der Waals surface area contributed by atoms with E-state index in [0.29, 0.717) is 11.9 Å². The van der Waals surface area contributed by atoms with Crippen molar-refractivity contribution in [3.8, 4) is 0 Å². The zero-order valence-corrected chi connectivity index (χ0v) is 7.67. The Morgan fingerprint density at radius 1 is 1.50 bits per heavy atom. The van der Waals surface area contributed by atoms with E-state index in [1.54, 1.807) is 6.33 Å². The average Bonchev–Trinajstić information content (AvgIpc) is 2.74. The van der Waals surface area contributed by atoms with Crippen LogP contribution in [-0.4, -0.2) is 14.8 Å². The molecule has 3 nitrogen and oxygen atoms in total. The highest BCUT2D eigenvalue weighted by Gasteiger charge is 2.18. The van der Waals surface area contributed by atoms with Crippen molar-refractivity contribution in [2.24, 2.45) is 0 Å². The first kappa shape index (κ1) is 8.05. The normalized spacial score (nSPS) is 18.8. The van der Waals surface area contributed by atoms with Crippen LogP contribution in [0.15, 0.2) is 6.33 Å². The fourth-order valence-corrected chi connectivity index (χ4v) is 2.04. The van der Waals surface area contributed by atoms with Gasteiger partial charge in [-0.3, -0.25) is 0 Å². The van der Waals surface area contributed by atoms with Crippen LogP contribution in [0.5, 0.6) is 0 Å². The van der Waals surface area contributed by atoms with E-state index in [4.69, 9.17) is 11.6 Å². The molecule has 0 radical (unpaired) electrons. The molecule has 1 aromatic rings. The van der Waals surface area contributed by atoms with E-state index in [2.05, 4.69) is 14.8 Å². The Labute approximate surface area is 76.7 Å². The first-order valence-corrected chi connectivity index (χ1v) is 4.89. The zero-order chi connectivity index (χ0) is 8.39. The molecule has 0 bridgehead atoms. The predicted octanol–water partition coefficient (Wildman–Crippen LogP) is 2.13. The summed E-state index contributed by atoms with van der Waals surface area (Å²) in [5.41, 5.74) is 0. The van der Waals surface area contributed by atoms with E-state index < -0.39 is 0 Å². The molecule has 0 aliphatic heterocycles. The van der Waals surface area contributed by atoms with Crippen molar-refractivity contribution in [3.05, 3.63) is 12.2 Å². The van der Waals surface area contributed by atoms with Gasteiger partial charge in [-0.05, 0) is 12.8 Å². The molecule has 1 aliphatic rings. The summed E-state index contributed by atoms with van der Waals surface area (Å²) in [5, 5.41) is 7.83. The molecule has 1 heterocycles. The van der Waals surface area contributed by atoms with Gasteiger partial charge in [0.05, 0.1) is 5.88 Å². The average molecular weight is 186 g/mol. The van der Waals surface area contributed by atoms with Gasteiger partial charge in [0.15, 0.2) is 0 Å². The Kier molecular flexibility index (Phi) is 2.30. The van der Waals surface area contributed by atoms with Gasteiger partial charge in [0.1, 0.15) is 12.2 Å². The Balaban J connectivity index is 2.19. The second-order valence-electron chi connectivity index (χ2n) is 3.23. The molecule has 1 aliphatic carbocycles. The Bertz CT molecular complexity index is 253. The van der Waals surface area contributed by atoms with Gasteiger partial charge < -0.3 is 4.57 Å². The molecule has 0 unspecified atom stereocenters. The quantitative estimate of drug-likeness (QED) is 0.661. The van der Waals surface area contributed by atoms with Gasteiger partial charge in [0.25, 0.3) is 0 Å². The van der Waals surface area contributed by atoms with E-state index in [0.717, 1.165) is 5.82 Å². The van der Waals surface area contributed by atoms with Crippen LogP contribution in [0.4, 0.5) is 0 Å². The topological polar surface area (TPSA) is 30.7 Å². The number of alkyl halides is 1. The summed E-state index contributed by atoms with van der Waals surface area (Å²) < 4.78 is 2.12. The van der Waals surface area contributed by atoms with Gasteiger partial charge in [-0.2, -0.15) is 0 Å². The Morgan fingerprint density at radius 2 is 2.25 bits per heavy atom. The highest BCUT2D eigenvalue weighted by atomic mass is 35.5. The van der Waals surface area contributed by atoms with Crippen molar-refractivity contribution in [1.29, 1.82) is 0 Å². The van der Waals surface area contributed by atoms with E-state index in [-0.39, 0.29) is 0 Å². The molecule has 1 fully saturated rings. The molecule has 1 aromatic heterocycles. The molecule has 0 amide bonds. The summed E-state index contributed by atoms with van der Waals surface area (Å²) in [6.07, 6.45) is 6.95. The minimum atomic E-state index is 0.469. The maximum absolute atomic E-state index is 5.73. The van der Waals surface area contributed by atoms with Crippen LogP contribution in [0.1, 0.15) is 37.5 Å². The van der Waals surface area contributed by atoms with Gasteiger partial charge in [0, 0.05) is 6.04 Å². The largest absolute Gasteiger partial charge is 0.313 e. The molecule has 4 heteroatoms. The smallest absolute Gasteiger partial charge is 0.148 e. The van der Waals surface area contributed by atoms with E-state index >= 15 is 0 Å². The maximum Gasteiger partial charge on any atom is 0.148 e. The minimum Gasteiger partial charge on any atom is -0.313 e. The van der Waals surface area contributed by atoms with Crippen LogP contribution < -0.4 is 0 Å². The number of halogens is 1. The minimum absolute atomic E-state index is 0.469. The van der Waals surface area contributed by atoms with Gasteiger partial charge in [-0.15, -0.1) is 21.8 Å². The van der Waals surface area contributed by atoms with Crippen molar-refractivity contribution in [3.63, 3.8) is 0 Å². The lowest BCUT2D eigenvalue weighted by molar-refractivity contribution is 0.503. The first-order valence-electron chi connectivity index (χ1n) is 4.36. The molecular weight excluding hydrogens is 174 g/mol. The van der Waals surface area contributed by atoms with Crippen molar-refractivity contribution in [1.82, 2.24) is 14.8 Å². The molecule has 0 spiro atoms. The monoisotopic (exact) mass is 185 g/mol. The summed E-state index contributed by atoms with van der Waals surface area (Å²) in [6, 6.07) is 0.605. The standard InChI is InChI=1S/C8H12ClN3/c9-5-8-11-10-6-12(8)7-3-1-2-4-7/h6-7H,1-5H2. The third-order valence-electron chi connectivity index (χ3n) is 2.48. The van der Waals surface area contributed by atoms with Crippen LogP contribution in [0, 0.1) is 0 Å². The molecule has 12 heavy (non-hydrogen) atoms. The van der Waals surface area contributed by atoms with Gasteiger partial charge >= 0.3 is 0 Å².